The van der Waals surface area contributed by atoms with Crippen molar-refractivity contribution >= 4 is 33.5 Å². The second kappa shape index (κ2) is 10.3. The van der Waals surface area contributed by atoms with Gasteiger partial charge in [0.05, 0.1) is 12.2 Å². The maximum Gasteiger partial charge on any atom is 0.338 e. The molecule has 1 aromatic carbocycles. The fourth-order valence-corrected chi connectivity index (χ4v) is 2.36. The van der Waals surface area contributed by atoms with E-state index in [1.165, 1.54) is 19.3 Å². The van der Waals surface area contributed by atoms with Gasteiger partial charge in [0.2, 0.25) is 0 Å². The number of unbranched alkanes of at least 4 members (excludes halogenated alkanes) is 5. The van der Waals surface area contributed by atoms with Crippen molar-refractivity contribution in [2.24, 2.45) is 0 Å². The molecule has 0 saturated heterocycles. The number of rotatable bonds is 9. The van der Waals surface area contributed by atoms with Gasteiger partial charge in [-0.15, -0.1) is 11.6 Å². The molecule has 106 valence electrons. The van der Waals surface area contributed by atoms with E-state index in [1.807, 2.05) is 12.1 Å². The number of hydrogen-bond acceptors (Lipinski definition) is 2. The largest absolute Gasteiger partial charge is 0.462 e. The summed E-state index contributed by atoms with van der Waals surface area (Å²) in [5, 5.41) is 0. The molecule has 0 aliphatic rings. The van der Waals surface area contributed by atoms with Crippen LogP contribution in [0.15, 0.2) is 28.7 Å². The molecule has 0 saturated carbocycles. The lowest BCUT2D eigenvalue weighted by molar-refractivity contribution is 0.0497. The third kappa shape index (κ3) is 7.58. The summed E-state index contributed by atoms with van der Waals surface area (Å²) in [5.74, 6) is 0.507. The molecule has 2 nitrogen and oxygen atoms in total. The van der Waals surface area contributed by atoms with Gasteiger partial charge in [0.15, 0.2) is 0 Å². The molecule has 0 radical (unpaired) electrons. The predicted molar refractivity (Wildman–Crippen MR) is 82.8 cm³/mol. The van der Waals surface area contributed by atoms with Crippen molar-refractivity contribution in [2.75, 3.05) is 12.5 Å². The van der Waals surface area contributed by atoms with Crippen molar-refractivity contribution in [3.8, 4) is 0 Å². The summed E-state index contributed by atoms with van der Waals surface area (Å²) >= 11 is 8.94. The number of benzene rings is 1. The topological polar surface area (TPSA) is 26.3 Å². The number of alkyl halides is 1. The zero-order chi connectivity index (χ0) is 13.9. The SMILES string of the molecule is O=C(OCCCCCCCCCl)c1cccc(Br)c1. The summed E-state index contributed by atoms with van der Waals surface area (Å²) in [6, 6.07) is 7.25. The van der Waals surface area contributed by atoms with Crippen LogP contribution in [0.3, 0.4) is 0 Å². The van der Waals surface area contributed by atoms with Crippen molar-refractivity contribution in [2.45, 2.75) is 38.5 Å². The van der Waals surface area contributed by atoms with Gasteiger partial charge in [-0.1, -0.05) is 47.7 Å². The van der Waals surface area contributed by atoms with E-state index >= 15 is 0 Å². The van der Waals surface area contributed by atoms with E-state index in [9.17, 15) is 4.79 Å². The first-order chi connectivity index (χ1) is 9.24. The highest BCUT2D eigenvalue weighted by Gasteiger charge is 2.06. The minimum Gasteiger partial charge on any atom is -0.462 e. The first kappa shape index (κ1) is 16.5. The van der Waals surface area contributed by atoms with Gasteiger partial charge in [0.1, 0.15) is 0 Å². The monoisotopic (exact) mass is 346 g/mol. The van der Waals surface area contributed by atoms with E-state index in [4.69, 9.17) is 16.3 Å². The summed E-state index contributed by atoms with van der Waals surface area (Å²) in [7, 11) is 0. The first-order valence-corrected chi connectivity index (χ1v) is 8.05. The van der Waals surface area contributed by atoms with E-state index in [1.54, 1.807) is 12.1 Å². The van der Waals surface area contributed by atoms with Crippen molar-refractivity contribution in [1.29, 1.82) is 0 Å². The Hall–Kier alpha value is -0.540. The molecule has 0 heterocycles. The number of halogens is 2. The van der Waals surface area contributed by atoms with Crippen LogP contribution in [0.4, 0.5) is 0 Å². The molecule has 0 fully saturated rings. The Kier molecular flexibility index (Phi) is 8.93. The fourth-order valence-electron chi connectivity index (χ4n) is 1.77. The molecule has 0 unspecified atom stereocenters. The van der Waals surface area contributed by atoms with Crippen LogP contribution >= 0.6 is 27.5 Å². The molecule has 19 heavy (non-hydrogen) atoms. The van der Waals surface area contributed by atoms with E-state index in [0.717, 1.165) is 29.6 Å². The second-order valence-electron chi connectivity index (χ2n) is 4.46. The van der Waals surface area contributed by atoms with Gasteiger partial charge in [-0.05, 0) is 31.0 Å². The van der Waals surface area contributed by atoms with Crippen LogP contribution in [0.25, 0.3) is 0 Å². The van der Waals surface area contributed by atoms with Crippen molar-refractivity contribution in [1.82, 2.24) is 0 Å². The smallest absolute Gasteiger partial charge is 0.338 e. The molecule has 0 spiro atoms. The van der Waals surface area contributed by atoms with Crippen molar-refractivity contribution in [3.63, 3.8) is 0 Å². The lowest BCUT2D eigenvalue weighted by Crippen LogP contribution is -2.06. The van der Waals surface area contributed by atoms with Crippen LogP contribution in [-0.4, -0.2) is 18.5 Å². The standard InChI is InChI=1S/C15H20BrClO2/c16-14-9-7-8-13(12-14)15(18)19-11-6-4-2-1-3-5-10-17/h7-9,12H,1-6,10-11H2. The summed E-state index contributed by atoms with van der Waals surface area (Å²) in [5.41, 5.74) is 0.594. The summed E-state index contributed by atoms with van der Waals surface area (Å²) in [6.45, 7) is 0.501. The van der Waals surface area contributed by atoms with Gasteiger partial charge < -0.3 is 4.74 Å². The van der Waals surface area contributed by atoms with E-state index in [2.05, 4.69) is 15.9 Å². The van der Waals surface area contributed by atoms with Gasteiger partial charge in [0.25, 0.3) is 0 Å². The summed E-state index contributed by atoms with van der Waals surface area (Å²) < 4.78 is 6.12. The molecular formula is C15H20BrClO2. The fraction of sp³-hybridized carbons (Fsp3) is 0.533. The number of hydrogen-bond donors (Lipinski definition) is 0. The molecule has 0 bridgehead atoms. The second-order valence-corrected chi connectivity index (χ2v) is 5.75. The Bertz CT molecular complexity index is 382. The Morgan fingerprint density at radius 2 is 1.79 bits per heavy atom. The number of ether oxygens (including phenoxy) is 1. The first-order valence-electron chi connectivity index (χ1n) is 6.72. The maximum absolute atomic E-state index is 11.7. The Morgan fingerprint density at radius 3 is 2.47 bits per heavy atom. The molecule has 0 amide bonds. The molecule has 1 aromatic rings. The molecule has 0 aliphatic carbocycles. The van der Waals surface area contributed by atoms with Gasteiger partial charge in [0, 0.05) is 10.4 Å². The van der Waals surface area contributed by atoms with Crippen LogP contribution in [0.2, 0.25) is 0 Å². The zero-order valence-corrected chi connectivity index (χ0v) is 13.4. The van der Waals surface area contributed by atoms with Crippen molar-refractivity contribution in [3.05, 3.63) is 34.3 Å². The van der Waals surface area contributed by atoms with Crippen LogP contribution < -0.4 is 0 Å². The molecule has 4 heteroatoms. The number of esters is 1. The van der Waals surface area contributed by atoms with Gasteiger partial charge in [-0.25, -0.2) is 4.79 Å². The molecular weight excluding hydrogens is 328 g/mol. The van der Waals surface area contributed by atoms with E-state index < -0.39 is 0 Å². The minimum absolute atomic E-state index is 0.247. The highest BCUT2D eigenvalue weighted by molar-refractivity contribution is 9.10. The Labute approximate surface area is 128 Å². The minimum atomic E-state index is -0.247. The number of carbonyl (C=O) groups excluding carboxylic acids is 1. The Morgan fingerprint density at radius 1 is 1.11 bits per heavy atom. The zero-order valence-electron chi connectivity index (χ0n) is 11.0. The molecule has 0 aromatic heterocycles. The van der Waals surface area contributed by atoms with Gasteiger partial charge in [-0.3, -0.25) is 0 Å². The van der Waals surface area contributed by atoms with Gasteiger partial charge >= 0.3 is 5.97 Å². The van der Waals surface area contributed by atoms with E-state index in [0.29, 0.717) is 12.2 Å². The highest BCUT2D eigenvalue weighted by atomic mass is 79.9. The summed E-state index contributed by atoms with van der Waals surface area (Å²) in [4.78, 5) is 11.7. The number of carbonyl (C=O) groups is 1. The predicted octanol–water partition coefficient (Wildman–Crippen LogP) is 5.19. The average Bonchev–Trinajstić information content (AvgIpc) is 2.41. The van der Waals surface area contributed by atoms with Crippen LogP contribution in [0, 0.1) is 0 Å². The lowest BCUT2D eigenvalue weighted by atomic mass is 10.1. The Balaban J connectivity index is 2.08. The van der Waals surface area contributed by atoms with E-state index in [-0.39, 0.29) is 5.97 Å². The van der Waals surface area contributed by atoms with Gasteiger partial charge in [-0.2, -0.15) is 0 Å². The summed E-state index contributed by atoms with van der Waals surface area (Å²) in [6.07, 6.45) is 6.73. The van der Waals surface area contributed by atoms with Crippen LogP contribution in [-0.2, 0) is 4.74 Å². The normalized spacial score (nSPS) is 10.4. The molecule has 0 N–H and O–H groups in total. The quantitative estimate of drug-likeness (QED) is 0.349. The highest BCUT2D eigenvalue weighted by Crippen LogP contribution is 2.13. The lowest BCUT2D eigenvalue weighted by Gasteiger charge is -2.05. The van der Waals surface area contributed by atoms with Crippen LogP contribution in [0.1, 0.15) is 48.9 Å². The molecule has 1 rings (SSSR count). The maximum atomic E-state index is 11.7. The average molecular weight is 348 g/mol. The third-order valence-corrected chi connectivity index (χ3v) is 3.58. The molecule has 0 aliphatic heterocycles. The third-order valence-electron chi connectivity index (χ3n) is 2.82. The molecule has 0 atom stereocenters. The van der Waals surface area contributed by atoms with Crippen molar-refractivity contribution < 1.29 is 9.53 Å². The van der Waals surface area contributed by atoms with Crippen LogP contribution in [0.5, 0.6) is 0 Å².